The summed E-state index contributed by atoms with van der Waals surface area (Å²) >= 11 is 0. The molecule has 41 heavy (non-hydrogen) atoms. The number of hydrogen-bond donors (Lipinski definition) is 0. The Labute approximate surface area is 247 Å². The van der Waals surface area contributed by atoms with E-state index in [9.17, 15) is 4.79 Å². The molecule has 0 aromatic heterocycles. The number of Topliss-reactive ketones (excluding diaryl/α,β-unsaturated/α-hetero) is 1. The second-order valence-corrected chi connectivity index (χ2v) is 12.5. The van der Waals surface area contributed by atoms with E-state index < -0.39 is 11.2 Å². The minimum absolute atomic E-state index is 0.0699. The van der Waals surface area contributed by atoms with Crippen molar-refractivity contribution in [3.05, 3.63) is 52.1 Å². The van der Waals surface area contributed by atoms with Gasteiger partial charge in [0.25, 0.3) is 0 Å². The predicted molar refractivity (Wildman–Crippen MR) is 167 cm³/mol. The lowest BCUT2D eigenvalue weighted by atomic mass is 9.88. The number of allylic oxidation sites excluding steroid dienone is 4. The Morgan fingerprint density at radius 3 is 2.00 bits per heavy atom. The van der Waals surface area contributed by atoms with Crippen LogP contribution in [0.3, 0.4) is 0 Å². The molecular formula is C35H49NO5. The van der Waals surface area contributed by atoms with Crippen molar-refractivity contribution in [3.63, 3.8) is 0 Å². The van der Waals surface area contributed by atoms with Crippen molar-refractivity contribution in [2.24, 2.45) is 0 Å². The monoisotopic (exact) mass is 563 g/mol. The molecule has 6 nitrogen and oxygen atoms in total. The van der Waals surface area contributed by atoms with Crippen molar-refractivity contribution < 1.29 is 23.7 Å². The molecule has 0 bridgehead atoms. The lowest BCUT2D eigenvalue weighted by Gasteiger charge is -2.38. The SMILES string of the molecule is CC(=O)c1c(OCCCN2CCOCC2)c2c(c3c1OC(C)(CCC=C(C)C)C=C3)OC(C)(CCC=C(C)C)C=C2. The maximum Gasteiger partial charge on any atom is 0.167 e. The molecule has 0 N–H and O–H groups in total. The van der Waals surface area contributed by atoms with Crippen LogP contribution in [0.5, 0.6) is 17.2 Å². The van der Waals surface area contributed by atoms with Crippen molar-refractivity contribution in [1.82, 2.24) is 4.90 Å². The van der Waals surface area contributed by atoms with E-state index in [0.29, 0.717) is 23.7 Å². The molecule has 0 saturated carbocycles. The van der Waals surface area contributed by atoms with Crippen LogP contribution in [0.4, 0.5) is 0 Å². The summed E-state index contributed by atoms with van der Waals surface area (Å²) in [4.78, 5) is 15.7. The molecule has 2 unspecified atom stereocenters. The number of carbonyl (C=O) groups excluding carboxylic acids is 1. The Hall–Kier alpha value is -2.83. The first kappa shape index (κ1) is 31.1. The summed E-state index contributed by atoms with van der Waals surface area (Å²) < 4.78 is 25.5. The van der Waals surface area contributed by atoms with E-state index in [1.807, 2.05) is 0 Å². The van der Waals surface area contributed by atoms with Gasteiger partial charge in [0.2, 0.25) is 0 Å². The van der Waals surface area contributed by atoms with Gasteiger partial charge in [-0.2, -0.15) is 0 Å². The third kappa shape index (κ3) is 7.92. The molecule has 3 aliphatic rings. The number of fused-ring (bicyclic) bond motifs is 3. The quantitative estimate of drug-likeness (QED) is 0.147. The summed E-state index contributed by atoms with van der Waals surface area (Å²) in [6, 6.07) is 0. The third-order valence-electron chi connectivity index (χ3n) is 8.02. The molecule has 0 amide bonds. The summed E-state index contributed by atoms with van der Waals surface area (Å²) in [7, 11) is 0. The summed E-state index contributed by atoms with van der Waals surface area (Å²) in [5, 5.41) is 0. The zero-order chi connectivity index (χ0) is 29.6. The van der Waals surface area contributed by atoms with Gasteiger partial charge in [0, 0.05) is 19.6 Å². The lowest BCUT2D eigenvalue weighted by Crippen LogP contribution is -2.37. The fourth-order valence-corrected chi connectivity index (χ4v) is 5.62. The summed E-state index contributed by atoms with van der Waals surface area (Å²) in [6.07, 6.45) is 17.2. The second kappa shape index (κ2) is 13.4. The highest BCUT2D eigenvalue weighted by Gasteiger charge is 2.38. The zero-order valence-corrected chi connectivity index (χ0v) is 26.2. The van der Waals surface area contributed by atoms with Crippen LogP contribution in [0, 0.1) is 0 Å². The topological polar surface area (TPSA) is 57.2 Å². The van der Waals surface area contributed by atoms with Crippen molar-refractivity contribution in [3.8, 4) is 17.2 Å². The van der Waals surface area contributed by atoms with Crippen molar-refractivity contribution in [2.75, 3.05) is 39.5 Å². The van der Waals surface area contributed by atoms with E-state index in [1.54, 1.807) is 6.92 Å². The molecule has 1 aromatic carbocycles. The molecule has 1 fully saturated rings. The van der Waals surface area contributed by atoms with Gasteiger partial charge in [0.15, 0.2) is 5.78 Å². The average molecular weight is 564 g/mol. The normalized spacial score (nSPS) is 23.1. The van der Waals surface area contributed by atoms with Gasteiger partial charge in [-0.05, 0) is 105 Å². The molecule has 1 aromatic rings. The highest BCUT2D eigenvalue weighted by atomic mass is 16.5. The van der Waals surface area contributed by atoms with Crippen LogP contribution in [-0.2, 0) is 4.74 Å². The number of ether oxygens (including phenoxy) is 4. The van der Waals surface area contributed by atoms with Crippen LogP contribution in [0.1, 0.15) is 102 Å². The molecule has 2 atom stereocenters. The average Bonchev–Trinajstić information content (AvgIpc) is 2.90. The highest BCUT2D eigenvalue weighted by Crippen LogP contribution is 2.52. The standard InChI is InChI=1S/C35H49NO5/c1-25(2)11-8-15-34(6)17-13-28-31(40-34)29-14-18-35(7,16-9-12-26(3)4)41-33(29)30(27(5)37)32(28)39-22-10-19-36-20-23-38-24-21-36/h11-14,17-18H,8-10,15-16,19-24H2,1-7H3. The highest BCUT2D eigenvalue weighted by molar-refractivity contribution is 6.04. The summed E-state index contributed by atoms with van der Waals surface area (Å²) in [5.41, 5.74) is 3.72. The largest absolute Gasteiger partial charge is 0.492 e. The zero-order valence-electron chi connectivity index (χ0n) is 26.2. The second-order valence-electron chi connectivity index (χ2n) is 12.5. The van der Waals surface area contributed by atoms with Gasteiger partial charge in [-0.15, -0.1) is 0 Å². The van der Waals surface area contributed by atoms with E-state index >= 15 is 0 Å². The fraction of sp³-hybridized carbons (Fsp3) is 0.571. The maximum absolute atomic E-state index is 13.3. The molecule has 3 heterocycles. The lowest BCUT2D eigenvalue weighted by molar-refractivity contribution is 0.0357. The molecule has 4 rings (SSSR count). The van der Waals surface area contributed by atoms with E-state index in [2.05, 4.69) is 82.9 Å². The van der Waals surface area contributed by atoms with E-state index in [-0.39, 0.29) is 5.78 Å². The van der Waals surface area contributed by atoms with Crippen LogP contribution in [0.15, 0.2) is 35.5 Å². The van der Waals surface area contributed by atoms with Gasteiger partial charge >= 0.3 is 0 Å². The van der Waals surface area contributed by atoms with E-state index in [1.165, 1.54) is 11.1 Å². The number of hydrogen-bond acceptors (Lipinski definition) is 6. The van der Waals surface area contributed by atoms with Crippen molar-refractivity contribution in [1.29, 1.82) is 0 Å². The van der Waals surface area contributed by atoms with Crippen molar-refractivity contribution in [2.45, 2.75) is 91.8 Å². The van der Waals surface area contributed by atoms with Gasteiger partial charge in [0.05, 0.1) is 30.9 Å². The minimum atomic E-state index is -0.539. The number of benzene rings is 1. The van der Waals surface area contributed by atoms with Gasteiger partial charge in [-0.1, -0.05) is 23.3 Å². The summed E-state index contributed by atoms with van der Waals surface area (Å²) in [5.74, 6) is 1.80. The Morgan fingerprint density at radius 2 is 1.44 bits per heavy atom. The Morgan fingerprint density at radius 1 is 0.878 bits per heavy atom. The van der Waals surface area contributed by atoms with Crippen LogP contribution >= 0.6 is 0 Å². The number of morpholine rings is 1. The Balaban J connectivity index is 1.69. The summed E-state index contributed by atoms with van der Waals surface area (Å²) in [6.45, 7) is 19.1. The number of carbonyl (C=O) groups is 1. The number of nitrogens with zero attached hydrogens (tertiary/aromatic N) is 1. The molecule has 0 radical (unpaired) electrons. The maximum atomic E-state index is 13.3. The molecule has 1 saturated heterocycles. The number of ketones is 1. The molecule has 0 aliphatic carbocycles. The smallest absolute Gasteiger partial charge is 0.167 e. The van der Waals surface area contributed by atoms with Gasteiger partial charge in [0.1, 0.15) is 34.0 Å². The first-order valence-corrected chi connectivity index (χ1v) is 15.2. The predicted octanol–water partition coefficient (Wildman–Crippen LogP) is 7.81. The van der Waals surface area contributed by atoms with Gasteiger partial charge in [-0.25, -0.2) is 0 Å². The van der Waals surface area contributed by atoms with E-state index in [0.717, 1.165) is 81.8 Å². The van der Waals surface area contributed by atoms with Crippen LogP contribution in [-0.4, -0.2) is 61.3 Å². The minimum Gasteiger partial charge on any atom is -0.492 e. The molecule has 224 valence electrons. The first-order valence-electron chi connectivity index (χ1n) is 15.2. The van der Waals surface area contributed by atoms with Crippen LogP contribution in [0.2, 0.25) is 0 Å². The number of rotatable bonds is 12. The van der Waals surface area contributed by atoms with Crippen LogP contribution in [0.25, 0.3) is 12.2 Å². The Bertz CT molecular complexity index is 1230. The van der Waals surface area contributed by atoms with Crippen LogP contribution < -0.4 is 14.2 Å². The first-order chi connectivity index (χ1) is 19.5. The molecular weight excluding hydrogens is 514 g/mol. The molecule has 6 heteroatoms. The third-order valence-corrected chi connectivity index (χ3v) is 8.02. The van der Waals surface area contributed by atoms with Gasteiger partial charge < -0.3 is 18.9 Å². The molecule has 3 aliphatic heterocycles. The van der Waals surface area contributed by atoms with E-state index in [4.69, 9.17) is 18.9 Å². The Kier molecular flexibility index (Phi) is 10.2. The fourth-order valence-electron chi connectivity index (χ4n) is 5.62. The van der Waals surface area contributed by atoms with Crippen molar-refractivity contribution >= 4 is 17.9 Å². The van der Waals surface area contributed by atoms with Gasteiger partial charge in [-0.3, -0.25) is 9.69 Å². The molecule has 0 spiro atoms.